The van der Waals surface area contributed by atoms with Gasteiger partial charge in [-0.25, -0.2) is 4.79 Å². The third-order valence-electron chi connectivity index (χ3n) is 4.26. The average Bonchev–Trinajstić information content (AvgIpc) is 2.72. The van der Waals surface area contributed by atoms with Crippen molar-refractivity contribution in [3.8, 4) is 0 Å². The van der Waals surface area contributed by atoms with Crippen LogP contribution in [-0.4, -0.2) is 17.0 Å². The van der Waals surface area contributed by atoms with Crippen LogP contribution in [0.15, 0.2) is 72.8 Å². The Morgan fingerprint density at radius 1 is 0.833 bits per heavy atom. The molecular weight excluding hydrogens is 395 g/mol. The number of benzene rings is 3. The molecule has 0 aliphatic rings. The SMILES string of the molecule is O=C(Nc1cc(/C=C/c2ccc(C(F)(F)F)cc2)ccc1C(=O)O)c1ccccc1. The first-order chi connectivity index (χ1) is 14.2. The topological polar surface area (TPSA) is 66.4 Å². The number of nitrogens with one attached hydrogen (secondary N) is 1. The number of hydrogen-bond acceptors (Lipinski definition) is 2. The van der Waals surface area contributed by atoms with Crippen molar-refractivity contribution < 1.29 is 27.9 Å². The highest BCUT2D eigenvalue weighted by molar-refractivity contribution is 6.08. The molecule has 30 heavy (non-hydrogen) atoms. The Morgan fingerprint density at radius 2 is 1.43 bits per heavy atom. The Morgan fingerprint density at radius 3 is 2.03 bits per heavy atom. The van der Waals surface area contributed by atoms with Crippen LogP contribution in [0.25, 0.3) is 12.2 Å². The first-order valence-electron chi connectivity index (χ1n) is 8.83. The molecule has 3 aromatic carbocycles. The molecule has 0 radical (unpaired) electrons. The molecular formula is C23H16F3NO3. The third-order valence-corrected chi connectivity index (χ3v) is 4.26. The molecule has 4 nitrogen and oxygen atoms in total. The molecule has 3 rings (SSSR count). The molecule has 0 aliphatic heterocycles. The molecule has 0 spiro atoms. The van der Waals surface area contributed by atoms with E-state index in [1.807, 2.05) is 0 Å². The van der Waals surface area contributed by atoms with Gasteiger partial charge in [0.05, 0.1) is 16.8 Å². The number of alkyl halides is 3. The molecule has 0 atom stereocenters. The minimum Gasteiger partial charge on any atom is -0.478 e. The number of aromatic carboxylic acids is 1. The van der Waals surface area contributed by atoms with E-state index < -0.39 is 23.6 Å². The van der Waals surface area contributed by atoms with E-state index in [0.29, 0.717) is 16.7 Å². The predicted molar refractivity (Wildman–Crippen MR) is 108 cm³/mol. The molecule has 2 N–H and O–H groups in total. The highest BCUT2D eigenvalue weighted by Gasteiger charge is 2.29. The summed E-state index contributed by atoms with van der Waals surface area (Å²) in [5.74, 6) is -1.65. The number of carboxylic acids is 1. The number of hydrogen-bond donors (Lipinski definition) is 2. The Balaban J connectivity index is 1.84. The number of amides is 1. The van der Waals surface area contributed by atoms with Crippen LogP contribution in [0.3, 0.4) is 0 Å². The van der Waals surface area contributed by atoms with Crippen molar-refractivity contribution in [2.45, 2.75) is 6.18 Å². The maximum absolute atomic E-state index is 12.6. The van der Waals surface area contributed by atoms with Gasteiger partial charge in [0.25, 0.3) is 5.91 Å². The zero-order valence-electron chi connectivity index (χ0n) is 15.5. The molecule has 0 fully saturated rings. The van der Waals surface area contributed by atoms with E-state index >= 15 is 0 Å². The van der Waals surface area contributed by atoms with E-state index in [4.69, 9.17) is 0 Å². The zero-order valence-corrected chi connectivity index (χ0v) is 15.5. The maximum atomic E-state index is 12.6. The van der Waals surface area contributed by atoms with E-state index in [2.05, 4.69) is 5.32 Å². The highest BCUT2D eigenvalue weighted by Crippen LogP contribution is 2.29. The molecule has 3 aromatic rings. The summed E-state index contributed by atoms with van der Waals surface area (Å²) in [6.45, 7) is 0. The number of halogens is 3. The summed E-state index contributed by atoms with van der Waals surface area (Å²) in [6, 6.07) is 17.4. The van der Waals surface area contributed by atoms with Crippen molar-refractivity contribution in [3.63, 3.8) is 0 Å². The second kappa shape index (κ2) is 8.65. The second-order valence-electron chi connectivity index (χ2n) is 6.38. The van der Waals surface area contributed by atoms with Crippen molar-refractivity contribution in [1.82, 2.24) is 0 Å². The van der Waals surface area contributed by atoms with Gasteiger partial charge in [-0.2, -0.15) is 13.2 Å². The molecule has 152 valence electrons. The van der Waals surface area contributed by atoms with Gasteiger partial charge in [0.2, 0.25) is 0 Å². The van der Waals surface area contributed by atoms with E-state index in [-0.39, 0.29) is 11.3 Å². The fourth-order valence-corrected chi connectivity index (χ4v) is 2.72. The molecule has 7 heteroatoms. The Kier molecular flexibility index (Phi) is 6.01. The lowest BCUT2D eigenvalue weighted by atomic mass is 10.1. The first kappa shape index (κ1) is 20.9. The lowest BCUT2D eigenvalue weighted by molar-refractivity contribution is -0.137. The number of anilines is 1. The van der Waals surface area contributed by atoms with Crippen LogP contribution in [-0.2, 0) is 6.18 Å². The summed E-state index contributed by atoms with van der Waals surface area (Å²) in [7, 11) is 0. The van der Waals surface area contributed by atoms with Gasteiger partial charge in [-0.1, -0.05) is 48.6 Å². The van der Waals surface area contributed by atoms with Crippen molar-refractivity contribution in [2.24, 2.45) is 0 Å². The lowest BCUT2D eigenvalue weighted by Crippen LogP contribution is -2.14. The lowest BCUT2D eigenvalue weighted by Gasteiger charge is -2.10. The third kappa shape index (κ3) is 5.14. The van der Waals surface area contributed by atoms with Crippen molar-refractivity contribution in [1.29, 1.82) is 0 Å². The van der Waals surface area contributed by atoms with Crippen LogP contribution < -0.4 is 5.32 Å². The van der Waals surface area contributed by atoms with Gasteiger partial charge in [-0.3, -0.25) is 4.79 Å². The summed E-state index contributed by atoms with van der Waals surface area (Å²) < 4.78 is 37.9. The summed E-state index contributed by atoms with van der Waals surface area (Å²) in [4.78, 5) is 23.9. The standard InChI is InChI=1S/C23H16F3NO3/c24-23(25,26)18-11-8-15(9-12-18)6-7-16-10-13-19(22(29)30)20(14-16)27-21(28)17-4-2-1-3-5-17/h1-14H,(H,27,28)(H,29,30)/b7-6+. The van der Waals surface area contributed by atoms with Crippen molar-refractivity contribution in [2.75, 3.05) is 5.32 Å². The van der Waals surface area contributed by atoms with Gasteiger partial charge in [0.1, 0.15) is 0 Å². The van der Waals surface area contributed by atoms with Gasteiger partial charge in [0, 0.05) is 5.56 Å². The van der Waals surface area contributed by atoms with Crippen LogP contribution in [0.5, 0.6) is 0 Å². The molecule has 0 aliphatic carbocycles. The summed E-state index contributed by atoms with van der Waals surface area (Å²) >= 11 is 0. The molecule has 0 saturated heterocycles. The monoisotopic (exact) mass is 411 g/mol. The number of carboxylic acid groups (broad SMARTS) is 1. The fourth-order valence-electron chi connectivity index (χ4n) is 2.72. The second-order valence-corrected chi connectivity index (χ2v) is 6.38. The van der Waals surface area contributed by atoms with Gasteiger partial charge >= 0.3 is 12.1 Å². The smallest absolute Gasteiger partial charge is 0.416 e. The minimum atomic E-state index is -4.40. The number of carbonyl (C=O) groups excluding carboxylic acids is 1. The molecule has 0 unspecified atom stereocenters. The van der Waals surface area contributed by atoms with Crippen LogP contribution in [0.2, 0.25) is 0 Å². The maximum Gasteiger partial charge on any atom is 0.416 e. The quantitative estimate of drug-likeness (QED) is 0.520. The van der Waals surface area contributed by atoms with Crippen molar-refractivity contribution >= 4 is 29.7 Å². The number of rotatable bonds is 5. The Labute approximate surface area is 170 Å². The summed E-state index contributed by atoms with van der Waals surface area (Å²) in [6.07, 6.45) is -1.19. The van der Waals surface area contributed by atoms with E-state index in [0.717, 1.165) is 12.1 Å². The van der Waals surface area contributed by atoms with Crippen LogP contribution in [0.1, 0.15) is 37.4 Å². The van der Waals surface area contributed by atoms with Gasteiger partial charge < -0.3 is 10.4 Å². The predicted octanol–water partition coefficient (Wildman–Crippen LogP) is 5.83. The van der Waals surface area contributed by atoms with Gasteiger partial charge in [0.15, 0.2) is 0 Å². The molecule has 0 heterocycles. The first-order valence-corrected chi connectivity index (χ1v) is 8.83. The Hall–Kier alpha value is -3.87. The van der Waals surface area contributed by atoms with Crippen LogP contribution in [0.4, 0.5) is 18.9 Å². The largest absolute Gasteiger partial charge is 0.478 e. The zero-order chi connectivity index (χ0) is 21.7. The molecule has 0 bridgehead atoms. The van der Waals surface area contributed by atoms with Crippen LogP contribution in [0, 0.1) is 0 Å². The summed E-state index contributed by atoms with van der Waals surface area (Å²) in [5.41, 5.74) is 0.788. The van der Waals surface area contributed by atoms with Crippen molar-refractivity contribution in [3.05, 3.63) is 101 Å². The minimum absolute atomic E-state index is 0.0778. The van der Waals surface area contributed by atoms with Crippen LogP contribution >= 0.6 is 0 Å². The molecule has 0 aromatic heterocycles. The Bertz CT molecular complexity index is 1090. The van der Waals surface area contributed by atoms with Gasteiger partial charge in [-0.15, -0.1) is 0 Å². The number of carbonyl (C=O) groups is 2. The van der Waals surface area contributed by atoms with E-state index in [9.17, 15) is 27.9 Å². The fraction of sp³-hybridized carbons (Fsp3) is 0.0435. The average molecular weight is 411 g/mol. The van der Waals surface area contributed by atoms with E-state index in [1.165, 1.54) is 24.3 Å². The molecule has 1 amide bonds. The summed E-state index contributed by atoms with van der Waals surface area (Å²) in [5, 5.41) is 12.0. The highest BCUT2D eigenvalue weighted by atomic mass is 19.4. The molecule has 0 saturated carbocycles. The van der Waals surface area contributed by atoms with E-state index in [1.54, 1.807) is 48.6 Å². The van der Waals surface area contributed by atoms with Gasteiger partial charge in [-0.05, 0) is 47.5 Å². The normalized spacial score (nSPS) is 11.4.